The molecule has 0 N–H and O–H groups in total. The van der Waals surface area contributed by atoms with Crippen LogP contribution < -0.4 is 0 Å². The first-order valence-corrected chi connectivity index (χ1v) is 10.1. The van der Waals surface area contributed by atoms with E-state index >= 15 is 0 Å². The summed E-state index contributed by atoms with van der Waals surface area (Å²) in [6.45, 7) is 2.42. The minimum Gasteiger partial charge on any atom is -0.368 e. The molecule has 28 heavy (non-hydrogen) atoms. The second-order valence-corrected chi connectivity index (χ2v) is 7.87. The molecule has 1 unspecified atom stereocenters. The van der Waals surface area contributed by atoms with Crippen molar-refractivity contribution in [2.45, 2.75) is 51.0 Å². The number of rotatable bonds is 5. The molecule has 1 nitrogen and oxygen atoms in total. The SMILES string of the molecule is CCc1ccc(/C=C/C2CCC(c3ccc(C4CO4)c(F)c3)CC2)c(F)c1F. The highest BCUT2D eigenvalue weighted by Crippen LogP contribution is 2.39. The van der Waals surface area contributed by atoms with Gasteiger partial charge in [-0.05, 0) is 61.1 Å². The molecule has 148 valence electrons. The Morgan fingerprint density at radius 3 is 2.39 bits per heavy atom. The summed E-state index contributed by atoms with van der Waals surface area (Å²) in [5.41, 5.74) is 2.41. The number of benzene rings is 2. The minimum absolute atomic E-state index is 0.0634. The molecule has 2 aromatic rings. The van der Waals surface area contributed by atoms with Crippen molar-refractivity contribution in [1.82, 2.24) is 0 Å². The van der Waals surface area contributed by atoms with E-state index in [1.807, 2.05) is 25.1 Å². The van der Waals surface area contributed by atoms with Crippen LogP contribution in [0.25, 0.3) is 6.08 Å². The molecule has 0 radical (unpaired) electrons. The summed E-state index contributed by atoms with van der Waals surface area (Å²) >= 11 is 0. The topological polar surface area (TPSA) is 12.5 Å². The summed E-state index contributed by atoms with van der Waals surface area (Å²) < 4.78 is 47.5. The molecule has 0 spiro atoms. The zero-order valence-corrected chi connectivity index (χ0v) is 16.1. The van der Waals surface area contributed by atoms with E-state index in [-0.39, 0.29) is 11.9 Å². The van der Waals surface area contributed by atoms with Gasteiger partial charge >= 0.3 is 0 Å². The highest BCUT2D eigenvalue weighted by atomic mass is 19.2. The van der Waals surface area contributed by atoms with E-state index in [9.17, 15) is 13.2 Å². The van der Waals surface area contributed by atoms with Gasteiger partial charge in [0, 0.05) is 11.1 Å². The van der Waals surface area contributed by atoms with E-state index < -0.39 is 11.6 Å². The van der Waals surface area contributed by atoms with Crippen molar-refractivity contribution in [1.29, 1.82) is 0 Å². The average Bonchev–Trinajstić information content (AvgIpc) is 3.55. The first-order chi connectivity index (χ1) is 13.6. The van der Waals surface area contributed by atoms with Crippen LogP contribution in [0.4, 0.5) is 13.2 Å². The van der Waals surface area contributed by atoms with Crippen molar-refractivity contribution in [3.63, 3.8) is 0 Å². The lowest BCUT2D eigenvalue weighted by Crippen LogP contribution is -2.12. The Balaban J connectivity index is 1.37. The average molecular weight is 386 g/mol. The van der Waals surface area contributed by atoms with Gasteiger partial charge in [-0.1, -0.05) is 43.3 Å². The first-order valence-electron chi connectivity index (χ1n) is 10.1. The molecule has 4 heteroatoms. The predicted octanol–water partition coefficient (Wildman–Crippen LogP) is 6.72. The molecule has 2 aromatic carbocycles. The van der Waals surface area contributed by atoms with Gasteiger partial charge in [-0.3, -0.25) is 0 Å². The maximum absolute atomic E-state index is 14.2. The number of allylic oxidation sites excluding steroid dienone is 1. The fourth-order valence-electron chi connectivity index (χ4n) is 4.18. The fourth-order valence-corrected chi connectivity index (χ4v) is 4.18. The number of halogens is 3. The summed E-state index contributed by atoms with van der Waals surface area (Å²) in [5.74, 6) is -0.982. The van der Waals surface area contributed by atoms with Crippen molar-refractivity contribution < 1.29 is 17.9 Å². The lowest BCUT2D eigenvalue weighted by atomic mass is 9.78. The molecule has 4 rings (SSSR count). The number of hydrogen-bond donors (Lipinski definition) is 0. The zero-order valence-electron chi connectivity index (χ0n) is 16.1. The molecule has 0 aromatic heterocycles. The maximum Gasteiger partial charge on any atom is 0.166 e. The van der Waals surface area contributed by atoms with Crippen molar-refractivity contribution in [3.8, 4) is 0 Å². The Hall–Kier alpha value is -2.07. The summed E-state index contributed by atoms with van der Waals surface area (Å²) in [7, 11) is 0. The predicted molar refractivity (Wildman–Crippen MR) is 105 cm³/mol. The van der Waals surface area contributed by atoms with E-state index in [0.29, 0.717) is 41.6 Å². The highest BCUT2D eigenvalue weighted by Gasteiger charge is 2.29. The third-order valence-corrected chi connectivity index (χ3v) is 6.07. The van der Waals surface area contributed by atoms with Gasteiger partial charge in [0.2, 0.25) is 0 Å². The third-order valence-electron chi connectivity index (χ3n) is 6.07. The molecule has 1 aliphatic heterocycles. The molecule has 1 heterocycles. The van der Waals surface area contributed by atoms with Crippen LogP contribution in [0.5, 0.6) is 0 Å². The summed E-state index contributed by atoms with van der Waals surface area (Å²) in [4.78, 5) is 0. The van der Waals surface area contributed by atoms with E-state index in [2.05, 4.69) is 0 Å². The smallest absolute Gasteiger partial charge is 0.166 e. The standard InChI is InChI=1S/C24H25F3O/c1-2-16-9-10-18(24(27)23(16)26)8-5-15-3-6-17(7-4-15)19-11-12-20(21(25)13-19)22-14-28-22/h5,8-13,15,17,22H,2-4,6-7,14H2,1H3/b8-5+. The molecular weight excluding hydrogens is 361 g/mol. The van der Waals surface area contributed by atoms with Crippen LogP contribution in [0.2, 0.25) is 0 Å². The largest absolute Gasteiger partial charge is 0.368 e. The molecule has 0 amide bonds. The van der Waals surface area contributed by atoms with Crippen molar-refractivity contribution in [3.05, 3.63) is 76.1 Å². The van der Waals surface area contributed by atoms with Crippen LogP contribution in [0.3, 0.4) is 0 Å². The van der Waals surface area contributed by atoms with Crippen LogP contribution in [0.15, 0.2) is 36.4 Å². The van der Waals surface area contributed by atoms with Gasteiger partial charge in [-0.25, -0.2) is 13.2 Å². The molecule has 1 aliphatic carbocycles. The van der Waals surface area contributed by atoms with Gasteiger partial charge in [0.1, 0.15) is 11.9 Å². The Morgan fingerprint density at radius 1 is 1.00 bits per heavy atom. The second kappa shape index (κ2) is 8.12. The fraction of sp³-hybridized carbons (Fsp3) is 0.417. The molecule has 2 fully saturated rings. The van der Waals surface area contributed by atoms with Gasteiger partial charge in [-0.2, -0.15) is 0 Å². The van der Waals surface area contributed by atoms with Crippen LogP contribution in [-0.2, 0) is 11.2 Å². The summed E-state index contributed by atoms with van der Waals surface area (Å²) in [5, 5.41) is 0. The van der Waals surface area contributed by atoms with E-state index in [0.717, 1.165) is 31.2 Å². The van der Waals surface area contributed by atoms with Gasteiger partial charge < -0.3 is 4.74 Å². The van der Waals surface area contributed by atoms with E-state index in [1.54, 1.807) is 24.3 Å². The second-order valence-electron chi connectivity index (χ2n) is 7.87. The van der Waals surface area contributed by atoms with Crippen LogP contribution in [-0.4, -0.2) is 6.61 Å². The Kier molecular flexibility index (Phi) is 5.58. The maximum atomic E-state index is 14.2. The molecular formula is C24H25F3O. The summed E-state index contributed by atoms with van der Waals surface area (Å²) in [6.07, 6.45) is 7.98. The third kappa shape index (κ3) is 4.02. The van der Waals surface area contributed by atoms with Gasteiger partial charge in [0.05, 0.1) is 6.61 Å². The van der Waals surface area contributed by atoms with Crippen LogP contribution in [0.1, 0.15) is 66.9 Å². The normalized spacial score (nSPS) is 24.6. The van der Waals surface area contributed by atoms with Gasteiger partial charge in [-0.15, -0.1) is 0 Å². The van der Waals surface area contributed by atoms with Gasteiger partial charge in [0.25, 0.3) is 0 Å². The summed E-state index contributed by atoms with van der Waals surface area (Å²) in [6, 6.07) is 8.83. The highest BCUT2D eigenvalue weighted by molar-refractivity contribution is 5.51. The quantitative estimate of drug-likeness (QED) is 0.519. The monoisotopic (exact) mass is 386 g/mol. The van der Waals surface area contributed by atoms with Crippen molar-refractivity contribution in [2.24, 2.45) is 5.92 Å². The number of hydrogen-bond acceptors (Lipinski definition) is 1. The van der Waals surface area contributed by atoms with Gasteiger partial charge in [0.15, 0.2) is 11.6 Å². The Morgan fingerprint density at radius 2 is 1.75 bits per heavy atom. The molecule has 1 atom stereocenters. The zero-order chi connectivity index (χ0) is 19.7. The van der Waals surface area contributed by atoms with E-state index in [1.165, 1.54) is 0 Å². The number of ether oxygens (including phenoxy) is 1. The molecule has 2 aliphatic rings. The van der Waals surface area contributed by atoms with Crippen molar-refractivity contribution in [2.75, 3.05) is 6.61 Å². The Bertz CT molecular complexity index is 878. The molecule has 1 saturated carbocycles. The first kappa shape index (κ1) is 19.3. The lowest BCUT2D eigenvalue weighted by molar-refractivity contribution is 0.375. The lowest BCUT2D eigenvalue weighted by Gasteiger charge is -2.27. The van der Waals surface area contributed by atoms with Crippen LogP contribution >= 0.6 is 0 Å². The Labute approximate surface area is 164 Å². The minimum atomic E-state index is -0.764. The van der Waals surface area contributed by atoms with Crippen LogP contribution in [0, 0.1) is 23.4 Å². The van der Waals surface area contributed by atoms with Crippen molar-refractivity contribution >= 4 is 6.08 Å². The molecule has 1 saturated heterocycles. The van der Waals surface area contributed by atoms with E-state index in [4.69, 9.17) is 4.74 Å². The number of aryl methyl sites for hydroxylation is 1. The molecule has 0 bridgehead atoms. The number of epoxide rings is 1.